The SMILES string of the molecule is COc1cc(C(=O)N2CCC(CCN3CCC(Nc4nc5ccccc5n4CCOCC(F)(F)F)CC3)(c3cccnc3)C2)cc(OC)c1OC. The van der Waals surface area contributed by atoms with Crippen LogP contribution in [0.5, 0.6) is 17.2 Å². The lowest BCUT2D eigenvalue weighted by atomic mass is 9.77. The Balaban J connectivity index is 1.09. The zero-order chi connectivity index (χ0) is 36.0. The molecule has 0 radical (unpaired) electrons. The number of para-hydroxylation sites is 2. The summed E-state index contributed by atoms with van der Waals surface area (Å²) in [6.07, 6.45) is 2.79. The molecule has 0 saturated carbocycles. The largest absolute Gasteiger partial charge is 0.493 e. The van der Waals surface area contributed by atoms with E-state index in [1.54, 1.807) is 18.3 Å². The van der Waals surface area contributed by atoms with Gasteiger partial charge in [-0.3, -0.25) is 9.78 Å². The van der Waals surface area contributed by atoms with Crippen molar-refractivity contribution >= 4 is 22.9 Å². The summed E-state index contributed by atoms with van der Waals surface area (Å²) in [5, 5.41) is 3.57. The Kier molecular flexibility index (Phi) is 11.2. The molecule has 2 aliphatic heterocycles. The maximum absolute atomic E-state index is 13.9. The van der Waals surface area contributed by atoms with Crippen molar-refractivity contribution in [3.63, 3.8) is 0 Å². The number of fused-ring (bicyclic) bond motifs is 1. The minimum atomic E-state index is -4.36. The number of imidazole rings is 1. The van der Waals surface area contributed by atoms with E-state index in [4.69, 9.17) is 23.9 Å². The van der Waals surface area contributed by atoms with E-state index in [9.17, 15) is 18.0 Å². The average Bonchev–Trinajstić information content (AvgIpc) is 3.74. The Labute approximate surface area is 295 Å². The van der Waals surface area contributed by atoms with Gasteiger partial charge in [-0.05, 0) is 68.1 Å². The van der Waals surface area contributed by atoms with Gasteiger partial charge in [0.15, 0.2) is 11.5 Å². The molecule has 6 rings (SSSR count). The molecular weight excluding hydrogens is 665 g/mol. The third-order valence-electron chi connectivity index (χ3n) is 10.0. The molecule has 2 saturated heterocycles. The number of hydrogen-bond donors (Lipinski definition) is 1. The number of aromatic nitrogens is 3. The quantitative estimate of drug-likeness (QED) is 0.163. The summed E-state index contributed by atoms with van der Waals surface area (Å²) in [6.45, 7) is 2.71. The first-order chi connectivity index (χ1) is 24.6. The predicted octanol–water partition coefficient (Wildman–Crippen LogP) is 5.79. The first-order valence-electron chi connectivity index (χ1n) is 17.2. The lowest BCUT2D eigenvalue weighted by molar-refractivity contribution is -0.174. The summed E-state index contributed by atoms with van der Waals surface area (Å²) < 4.78 is 61.2. The fourth-order valence-electron chi connectivity index (χ4n) is 7.30. The Morgan fingerprint density at radius 2 is 1.73 bits per heavy atom. The van der Waals surface area contributed by atoms with Crippen molar-refractivity contribution in [2.75, 3.05) is 72.6 Å². The van der Waals surface area contributed by atoms with E-state index in [0.717, 1.165) is 61.9 Å². The van der Waals surface area contributed by atoms with Crippen molar-refractivity contribution in [3.8, 4) is 17.2 Å². The highest BCUT2D eigenvalue weighted by Gasteiger charge is 2.42. The number of nitrogens with zero attached hydrogens (tertiary/aromatic N) is 5. The van der Waals surface area contributed by atoms with E-state index in [-0.39, 0.29) is 30.5 Å². The van der Waals surface area contributed by atoms with Crippen molar-refractivity contribution < 1.29 is 36.9 Å². The van der Waals surface area contributed by atoms with E-state index in [1.165, 1.54) is 21.3 Å². The van der Waals surface area contributed by atoms with Gasteiger partial charge >= 0.3 is 6.18 Å². The number of nitrogens with one attached hydrogen (secondary N) is 1. The molecule has 0 spiro atoms. The molecule has 4 heterocycles. The van der Waals surface area contributed by atoms with Crippen LogP contribution in [0.4, 0.5) is 19.1 Å². The molecule has 2 aromatic heterocycles. The fourth-order valence-corrected chi connectivity index (χ4v) is 7.30. The van der Waals surface area contributed by atoms with Gasteiger partial charge < -0.3 is 38.6 Å². The molecule has 2 aromatic carbocycles. The normalized spacial score (nSPS) is 18.7. The monoisotopic (exact) mass is 710 g/mol. The van der Waals surface area contributed by atoms with Gasteiger partial charge in [0.1, 0.15) is 6.61 Å². The van der Waals surface area contributed by atoms with Crippen LogP contribution in [-0.4, -0.2) is 110 Å². The number of methoxy groups -OCH3 is 3. The number of amides is 1. The van der Waals surface area contributed by atoms with Crippen LogP contribution < -0.4 is 19.5 Å². The molecule has 14 heteroatoms. The van der Waals surface area contributed by atoms with E-state index in [1.807, 2.05) is 46.0 Å². The van der Waals surface area contributed by atoms with Gasteiger partial charge in [0.25, 0.3) is 5.91 Å². The topological polar surface area (TPSA) is 103 Å². The number of anilines is 1. The molecule has 0 aliphatic carbocycles. The number of benzene rings is 2. The molecule has 1 N–H and O–H groups in total. The Hall–Kier alpha value is -4.56. The fraction of sp³-hybridized carbons (Fsp3) is 0.486. The highest BCUT2D eigenvalue weighted by Crippen LogP contribution is 2.41. The van der Waals surface area contributed by atoms with Crippen LogP contribution >= 0.6 is 0 Å². The van der Waals surface area contributed by atoms with E-state index >= 15 is 0 Å². The van der Waals surface area contributed by atoms with Gasteiger partial charge in [0.05, 0.1) is 39.0 Å². The predicted molar refractivity (Wildman–Crippen MR) is 187 cm³/mol. The highest BCUT2D eigenvalue weighted by molar-refractivity contribution is 5.96. The number of alkyl halides is 3. The number of carbonyl (C=O) groups excluding carboxylic acids is 1. The molecule has 51 heavy (non-hydrogen) atoms. The standard InChI is InChI=1S/C37H45F3N6O5/c1-48-31-21-26(22-32(49-2)33(31)50-3)34(47)45-18-13-36(24-45,27-7-6-14-41-23-27)12-17-44-15-10-28(11-16-44)42-35-43-29-8-4-5-9-30(29)46(35)19-20-51-25-37(38,39)40/h4-9,14,21-23,28H,10-13,15-20,24-25H2,1-3H3,(H,42,43). The van der Waals surface area contributed by atoms with E-state index in [2.05, 4.69) is 21.3 Å². The number of piperidine rings is 1. The number of halogens is 3. The van der Waals surface area contributed by atoms with E-state index in [0.29, 0.717) is 41.8 Å². The number of ether oxygens (including phenoxy) is 4. The average molecular weight is 711 g/mol. The smallest absolute Gasteiger partial charge is 0.411 e. The lowest BCUT2D eigenvalue weighted by Gasteiger charge is -2.36. The van der Waals surface area contributed by atoms with Crippen LogP contribution in [0.25, 0.3) is 11.0 Å². The molecule has 11 nitrogen and oxygen atoms in total. The molecular formula is C37H45F3N6O5. The van der Waals surface area contributed by atoms with Crippen molar-refractivity contribution in [2.24, 2.45) is 0 Å². The Bertz CT molecular complexity index is 1750. The summed E-state index contributed by atoms with van der Waals surface area (Å²) in [6, 6.07) is 15.2. The van der Waals surface area contributed by atoms with Gasteiger partial charge in [-0.15, -0.1) is 0 Å². The second-order valence-corrected chi connectivity index (χ2v) is 13.2. The van der Waals surface area contributed by atoms with Gasteiger partial charge in [-0.1, -0.05) is 18.2 Å². The zero-order valence-corrected chi connectivity index (χ0v) is 29.2. The second kappa shape index (κ2) is 15.8. The van der Waals surface area contributed by atoms with Crippen LogP contribution in [0, 0.1) is 0 Å². The molecule has 2 fully saturated rings. The van der Waals surface area contributed by atoms with Crippen LogP contribution in [0.2, 0.25) is 0 Å². The molecule has 1 unspecified atom stereocenters. The summed E-state index contributed by atoms with van der Waals surface area (Å²) in [5.41, 5.74) is 2.98. The molecule has 0 bridgehead atoms. The van der Waals surface area contributed by atoms with Crippen molar-refractivity contribution in [3.05, 3.63) is 72.1 Å². The lowest BCUT2D eigenvalue weighted by Crippen LogP contribution is -2.42. The number of pyridine rings is 1. The number of hydrogen-bond acceptors (Lipinski definition) is 9. The van der Waals surface area contributed by atoms with Crippen molar-refractivity contribution in [1.82, 2.24) is 24.3 Å². The summed E-state index contributed by atoms with van der Waals surface area (Å²) >= 11 is 0. The third kappa shape index (κ3) is 8.33. The maximum atomic E-state index is 13.9. The summed E-state index contributed by atoms with van der Waals surface area (Å²) in [4.78, 5) is 27.4. The Morgan fingerprint density at radius 3 is 2.39 bits per heavy atom. The number of rotatable bonds is 14. The molecule has 4 aromatic rings. The summed E-state index contributed by atoms with van der Waals surface area (Å²) in [5.74, 6) is 1.86. The van der Waals surface area contributed by atoms with Crippen molar-refractivity contribution in [1.29, 1.82) is 0 Å². The van der Waals surface area contributed by atoms with Crippen LogP contribution in [0.1, 0.15) is 41.6 Å². The zero-order valence-electron chi connectivity index (χ0n) is 29.2. The number of carbonyl (C=O) groups is 1. The van der Waals surface area contributed by atoms with Crippen LogP contribution in [-0.2, 0) is 16.7 Å². The van der Waals surface area contributed by atoms with E-state index < -0.39 is 12.8 Å². The van der Waals surface area contributed by atoms with Crippen LogP contribution in [0.3, 0.4) is 0 Å². The highest BCUT2D eigenvalue weighted by atomic mass is 19.4. The van der Waals surface area contributed by atoms with Gasteiger partial charge in [0, 0.05) is 62.1 Å². The van der Waals surface area contributed by atoms with Gasteiger partial charge in [-0.25, -0.2) is 4.98 Å². The Morgan fingerprint density at radius 1 is 0.980 bits per heavy atom. The van der Waals surface area contributed by atoms with Gasteiger partial charge in [0.2, 0.25) is 11.7 Å². The minimum absolute atomic E-state index is 0.0722. The number of likely N-dealkylation sites (tertiary alicyclic amines) is 2. The first kappa shape index (κ1) is 36.2. The third-order valence-corrected chi connectivity index (χ3v) is 10.0. The maximum Gasteiger partial charge on any atom is 0.411 e. The molecule has 2 aliphatic rings. The second-order valence-electron chi connectivity index (χ2n) is 13.2. The molecule has 1 amide bonds. The van der Waals surface area contributed by atoms with Crippen molar-refractivity contribution in [2.45, 2.75) is 49.9 Å². The summed E-state index contributed by atoms with van der Waals surface area (Å²) in [7, 11) is 4.60. The van der Waals surface area contributed by atoms with Crippen LogP contribution in [0.15, 0.2) is 60.9 Å². The minimum Gasteiger partial charge on any atom is -0.493 e. The molecule has 274 valence electrons. The molecule has 1 atom stereocenters. The first-order valence-corrected chi connectivity index (χ1v) is 17.2. The van der Waals surface area contributed by atoms with Gasteiger partial charge in [-0.2, -0.15) is 13.2 Å².